The molecule has 4 heterocycles. The summed E-state index contributed by atoms with van der Waals surface area (Å²) in [6.45, 7) is 2.00. The molecule has 0 N–H and O–H groups in total. The number of fused-ring (bicyclic) bond motifs is 3. The lowest BCUT2D eigenvalue weighted by Crippen LogP contribution is -1.98. The van der Waals surface area contributed by atoms with Crippen molar-refractivity contribution in [2.45, 2.75) is 19.3 Å². The highest BCUT2D eigenvalue weighted by molar-refractivity contribution is 7.28. The SMILES string of the molecule is C/C(=C(/C#N)c1nc2ccccc2s1)c1cc2sc(CC(C#N)c3nc4ccccc4s3)cc2s1. The average Bonchev–Trinajstić information content (AvgIpc) is 3.63. The van der Waals surface area contributed by atoms with Gasteiger partial charge >= 0.3 is 0 Å². The zero-order valence-electron chi connectivity index (χ0n) is 18.5. The molecule has 0 saturated carbocycles. The minimum Gasteiger partial charge on any atom is -0.240 e. The molecule has 6 rings (SSSR count). The second kappa shape index (κ2) is 8.99. The van der Waals surface area contributed by atoms with Crippen LogP contribution in [-0.2, 0) is 6.42 Å². The van der Waals surface area contributed by atoms with Crippen LogP contribution >= 0.6 is 45.3 Å². The third kappa shape index (κ3) is 4.05. The van der Waals surface area contributed by atoms with Crippen LogP contribution < -0.4 is 0 Å². The summed E-state index contributed by atoms with van der Waals surface area (Å²) in [7, 11) is 0. The molecular formula is C27H16N4S4. The van der Waals surface area contributed by atoms with Crippen LogP contribution in [0.4, 0.5) is 0 Å². The fourth-order valence-electron chi connectivity index (χ4n) is 3.99. The lowest BCUT2D eigenvalue weighted by Gasteiger charge is -2.03. The molecule has 0 amide bonds. The molecule has 8 heteroatoms. The highest BCUT2D eigenvalue weighted by Crippen LogP contribution is 2.41. The first-order valence-corrected chi connectivity index (χ1v) is 14.1. The van der Waals surface area contributed by atoms with Crippen molar-refractivity contribution in [1.82, 2.24) is 9.97 Å². The van der Waals surface area contributed by atoms with Crippen LogP contribution in [-0.4, -0.2) is 9.97 Å². The fraction of sp³-hybridized carbons (Fsp3) is 0.111. The lowest BCUT2D eigenvalue weighted by molar-refractivity contribution is 0.854. The monoisotopic (exact) mass is 524 g/mol. The molecule has 4 aromatic heterocycles. The van der Waals surface area contributed by atoms with Gasteiger partial charge in [-0.25, -0.2) is 9.97 Å². The molecule has 168 valence electrons. The van der Waals surface area contributed by atoms with Crippen LogP contribution in [0.1, 0.15) is 32.6 Å². The molecule has 35 heavy (non-hydrogen) atoms. The zero-order valence-corrected chi connectivity index (χ0v) is 21.7. The van der Waals surface area contributed by atoms with Gasteiger partial charge in [-0.05, 0) is 48.9 Å². The summed E-state index contributed by atoms with van der Waals surface area (Å²) in [5.74, 6) is -0.259. The van der Waals surface area contributed by atoms with Gasteiger partial charge in [-0.1, -0.05) is 24.3 Å². The van der Waals surface area contributed by atoms with Gasteiger partial charge in [0.05, 0.1) is 32.1 Å². The number of rotatable bonds is 5. The van der Waals surface area contributed by atoms with E-state index < -0.39 is 0 Å². The quantitative estimate of drug-likeness (QED) is 0.212. The number of allylic oxidation sites excluding steroid dienone is 2. The molecule has 6 aromatic rings. The molecule has 0 aliphatic carbocycles. The number of thiazole rings is 2. The van der Waals surface area contributed by atoms with Gasteiger partial charge in [-0.2, -0.15) is 10.5 Å². The Labute approximate surface area is 217 Å². The smallest absolute Gasteiger partial charge is 0.135 e. The maximum atomic E-state index is 9.92. The van der Waals surface area contributed by atoms with E-state index in [9.17, 15) is 10.5 Å². The molecule has 0 fully saturated rings. The predicted octanol–water partition coefficient (Wildman–Crippen LogP) is 8.49. The van der Waals surface area contributed by atoms with Gasteiger partial charge in [0.2, 0.25) is 0 Å². The standard InChI is InChI=1S/C27H16N4S4/c1-15(18(14-29)27-31-20-7-3-5-9-22(20)35-27)23-12-25-24(33-23)11-17(32-25)10-16(13-28)26-30-19-6-2-4-8-21(19)34-26/h2-9,11-12,16H,10H2,1H3/b18-15+. The Morgan fingerprint density at radius 1 is 0.829 bits per heavy atom. The lowest BCUT2D eigenvalue weighted by atomic mass is 10.1. The molecule has 4 nitrogen and oxygen atoms in total. The molecular weight excluding hydrogens is 509 g/mol. The third-order valence-corrected chi connectivity index (χ3v) is 10.4. The first-order valence-electron chi connectivity index (χ1n) is 10.9. The largest absolute Gasteiger partial charge is 0.240 e. The second-order valence-corrected chi connectivity index (χ2v) is 12.4. The predicted molar refractivity (Wildman–Crippen MR) is 149 cm³/mol. The van der Waals surface area contributed by atoms with Crippen molar-refractivity contribution in [3.8, 4) is 12.1 Å². The molecule has 1 atom stereocenters. The zero-order chi connectivity index (χ0) is 23.9. The minimum atomic E-state index is -0.259. The summed E-state index contributed by atoms with van der Waals surface area (Å²) in [4.78, 5) is 11.6. The van der Waals surface area contributed by atoms with E-state index in [4.69, 9.17) is 4.98 Å². The number of nitrogens with zero attached hydrogens (tertiary/aromatic N) is 4. The number of hydrogen-bond donors (Lipinski definition) is 0. The van der Waals surface area contributed by atoms with Gasteiger partial charge in [-0.15, -0.1) is 45.3 Å². The Hall–Kier alpha value is -3.40. The highest BCUT2D eigenvalue weighted by Gasteiger charge is 2.20. The van der Waals surface area contributed by atoms with E-state index in [1.165, 1.54) is 14.3 Å². The van der Waals surface area contributed by atoms with Crippen LogP contribution in [0.25, 0.3) is 41.0 Å². The maximum Gasteiger partial charge on any atom is 0.135 e. The summed E-state index contributed by atoms with van der Waals surface area (Å²) in [5.41, 5.74) is 3.45. The first kappa shape index (κ1) is 22.1. The van der Waals surface area contributed by atoms with Crippen molar-refractivity contribution in [2.24, 2.45) is 0 Å². The normalized spacial score (nSPS) is 13.1. The van der Waals surface area contributed by atoms with Crippen LogP contribution in [0.5, 0.6) is 0 Å². The summed E-state index contributed by atoms with van der Waals surface area (Å²) < 4.78 is 4.56. The first-order chi connectivity index (χ1) is 17.1. The average molecular weight is 525 g/mol. The van der Waals surface area contributed by atoms with Gasteiger partial charge in [0.1, 0.15) is 22.0 Å². The van der Waals surface area contributed by atoms with Crippen LogP contribution in [0.2, 0.25) is 0 Å². The maximum absolute atomic E-state index is 9.92. The van der Waals surface area contributed by atoms with Crippen LogP contribution in [0.3, 0.4) is 0 Å². The molecule has 0 spiro atoms. The summed E-state index contributed by atoms with van der Waals surface area (Å²) in [6.07, 6.45) is 0.654. The fourth-order valence-corrected chi connectivity index (χ4v) is 8.50. The van der Waals surface area contributed by atoms with Gasteiger partial charge < -0.3 is 0 Å². The number of thiophene rings is 2. The van der Waals surface area contributed by atoms with E-state index in [-0.39, 0.29) is 5.92 Å². The molecule has 0 bridgehead atoms. The molecule has 1 unspecified atom stereocenters. The Balaban J connectivity index is 1.29. The Bertz CT molecular complexity index is 1740. The van der Waals surface area contributed by atoms with Gasteiger partial charge in [-0.3, -0.25) is 0 Å². The molecule has 2 aromatic carbocycles. The molecule has 0 saturated heterocycles. The minimum absolute atomic E-state index is 0.259. The van der Waals surface area contributed by atoms with E-state index >= 15 is 0 Å². The molecule has 0 radical (unpaired) electrons. The third-order valence-electron chi connectivity index (χ3n) is 5.79. The second-order valence-electron chi connectivity index (χ2n) is 8.06. The Kier molecular flexibility index (Phi) is 5.68. The topological polar surface area (TPSA) is 73.4 Å². The van der Waals surface area contributed by atoms with E-state index in [0.717, 1.165) is 40.9 Å². The van der Waals surface area contributed by atoms with Crippen LogP contribution in [0.15, 0.2) is 60.7 Å². The number of aromatic nitrogens is 2. The van der Waals surface area contributed by atoms with E-state index in [2.05, 4.69) is 29.3 Å². The van der Waals surface area contributed by atoms with Gasteiger partial charge in [0.25, 0.3) is 0 Å². The van der Waals surface area contributed by atoms with Crippen molar-refractivity contribution in [1.29, 1.82) is 10.5 Å². The number of para-hydroxylation sites is 2. The highest BCUT2D eigenvalue weighted by atomic mass is 32.1. The molecule has 0 aliphatic heterocycles. The number of benzene rings is 2. The van der Waals surface area contributed by atoms with Crippen molar-refractivity contribution < 1.29 is 0 Å². The summed E-state index contributed by atoms with van der Waals surface area (Å²) in [5, 5.41) is 21.4. The number of nitriles is 2. The van der Waals surface area contributed by atoms with Crippen LogP contribution in [0, 0.1) is 22.7 Å². The summed E-state index contributed by atoms with van der Waals surface area (Å²) in [6, 6.07) is 25.2. The van der Waals surface area contributed by atoms with Crippen molar-refractivity contribution in [3.05, 3.63) is 80.4 Å². The molecule has 0 aliphatic rings. The van der Waals surface area contributed by atoms with E-state index in [0.29, 0.717) is 12.0 Å². The van der Waals surface area contributed by atoms with Gasteiger partial charge in [0.15, 0.2) is 0 Å². The van der Waals surface area contributed by atoms with E-state index in [1.807, 2.05) is 55.5 Å². The van der Waals surface area contributed by atoms with Crippen molar-refractivity contribution >= 4 is 86.3 Å². The Morgan fingerprint density at radius 3 is 2.17 bits per heavy atom. The number of hydrogen-bond acceptors (Lipinski definition) is 8. The van der Waals surface area contributed by atoms with Crippen molar-refractivity contribution in [3.63, 3.8) is 0 Å². The van der Waals surface area contributed by atoms with Gasteiger partial charge in [0, 0.05) is 25.6 Å². The Morgan fingerprint density at radius 2 is 1.51 bits per heavy atom. The van der Waals surface area contributed by atoms with E-state index in [1.54, 1.807) is 45.3 Å². The summed E-state index contributed by atoms with van der Waals surface area (Å²) >= 11 is 6.56. The van der Waals surface area contributed by atoms with Crippen molar-refractivity contribution in [2.75, 3.05) is 0 Å².